The summed E-state index contributed by atoms with van der Waals surface area (Å²) in [5, 5.41) is 6.75. The number of hydrogen-bond donors (Lipinski definition) is 2. The predicted molar refractivity (Wildman–Crippen MR) is 107 cm³/mol. The zero-order valence-electron chi connectivity index (χ0n) is 14.5. The number of ether oxygens (including phenoxy) is 2. The quantitative estimate of drug-likeness (QED) is 0.385. The van der Waals surface area contributed by atoms with Gasteiger partial charge in [0.25, 0.3) is 0 Å². The van der Waals surface area contributed by atoms with Gasteiger partial charge in [-0.2, -0.15) is 0 Å². The lowest BCUT2D eigenvalue weighted by Crippen LogP contribution is -2.50. The minimum absolute atomic E-state index is 0. The second kappa shape index (κ2) is 8.89. The van der Waals surface area contributed by atoms with Crippen LogP contribution in [0, 0.1) is 11.3 Å². The van der Waals surface area contributed by atoms with Crippen molar-refractivity contribution < 1.29 is 9.47 Å². The third-order valence-electron chi connectivity index (χ3n) is 4.40. The Labute approximate surface area is 161 Å². The molecule has 1 heterocycles. The molecule has 1 aromatic carbocycles. The Morgan fingerprint density at radius 3 is 2.67 bits per heavy atom. The number of halogens is 1. The van der Waals surface area contributed by atoms with Gasteiger partial charge >= 0.3 is 0 Å². The smallest absolute Gasteiger partial charge is 0.191 e. The largest absolute Gasteiger partial charge is 0.493 e. The van der Waals surface area contributed by atoms with E-state index in [4.69, 9.17) is 9.47 Å². The van der Waals surface area contributed by atoms with Gasteiger partial charge in [0, 0.05) is 31.1 Å². The van der Waals surface area contributed by atoms with Crippen LogP contribution in [0.3, 0.4) is 0 Å². The molecule has 0 aromatic heterocycles. The van der Waals surface area contributed by atoms with E-state index in [1.807, 2.05) is 18.2 Å². The van der Waals surface area contributed by atoms with Crippen LogP contribution in [0.15, 0.2) is 29.3 Å². The summed E-state index contributed by atoms with van der Waals surface area (Å²) < 4.78 is 11.2. The van der Waals surface area contributed by atoms with Crippen LogP contribution in [0.4, 0.5) is 0 Å². The van der Waals surface area contributed by atoms with Crippen molar-refractivity contribution in [1.82, 2.24) is 10.6 Å². The summed E-state index contributed by atoms with van der Waals surface area (Å²) in [5.41, 5.74) is 1.39. The van der Waals surface area contributed by atoms with E-state index in [1.165, 1.54) is 12.8 Å². The van der Waals surface area contributed by atoms with Crippen LogP contribution < -0.4 is 15.4 Å². The summed E-state index contributed by atoms with van der Waals surface area (Å²) >= 11 is 0. The average Bonchev–Trinajstić information content (AvgIpc) is 3.36. The molecule has 5 nitrogen and oxygen atoms in total. The van der Waals surface area contributed by atoms with Gasteiger partial charge in [0.1, 0.15) is 5.75 Å². The van der Waals surface area contributed by atoms with Gasteiger partial charge in [0.15, 0.2) is 5.96 Å². The van der Waals surface area contributed by atoms with Crippen LogP contribution in [0.2, 0.25) is 0 Å². The maximum atomic E-state index is 5.95. The molecule has 1 aromatic rings. The standard InChI is InChI=1S/C18H27N3O2.HI/c1-18(12-22-13-18)11-21-17(19-2)20-9-15-5-3-4-6-16(15)23-10-14-7-8-14;/h3-6,14H,7-13H2,1-2H3,(H2,19,20,21);1H. The number of aliphatic imine (C=N–C) groups is 1. The summed E-state index contributed by atoms with van der Waals surface area (Å²) in [7, 11) is 1.80. The predicted octanol–water partition coefficient (Wildman–Crippen LogP) is 2.79. The molecule has 1 aliphatic carbocycles. The molecule has 0 amide bonds. The Hall–Kier alpha value is -1.02. The molecule has 0 radical (unpaired) electrons. The molecule has 0 atom stereocenters. The van der Waals surface area contributed by atoms with Gasteiger partial charge in [-0.1, -0.05) is 25.1 Å². The Morgan fingerprint density at radius 1 is 1.29 bits per heavy atom. The van der Waals surface area contributed by atoms with Crippen molar-refractivity contribution in [2.75, 3.05) is 33.4 Å². The lowest BCUT2D eigenvalue weighted by Gasteiger charge is -2.38. The first-order chi connectivity index (χ1) is 11.2. The molecule has 2 aliphatic rings. The van der Waals surface area contributed by atoms with Crippen LogP contribution in [-0.4, -0.2) is 39.4 Å². The fraction of sp³-hybridized carbons (Fsp3) is 0.611. The molecule has 24 heavy (non-hydrogen) atoms. The van der Waals surface area contributed by atoms with Crippen molar-refractivity contribution in [3.63, 3.8) is 0 Å². The molecule has 0 spiro atoms. The van der Waals surface area contributed by atoms with Crippen molar-refractivity contribution >= 4 is 29.9 Å². The van der Waals surface area contributed by atoms with Gasteiger partial charge in [-0.05, 0) is 24.8 Å². The summed E-state index contributed by atoms with van der Waals surface area (Å²) in [6, 6.07) is 8.21. The normalized spacial score (nSPS) is 19.0. The van der Waals surface area contributed by atoms with E-state index in [1.54, 1.807) is 7.05 Å². The Balaban J connectivity index is 0.00000208. The molecule has 2 N–H and O–H groups in total. The molecule has 0 unspecified atom stereocenters. The first-order valence-electron chi connectivity index (χ1n) is 8.41. The molecule has 1 saturated heterocycles. The highest BCUT2D eigenvalue weighted by Gasteiger charge is 2.33. The number of para-hydroxylation sites is 1. The molecule has 134 valence electrons. The highest BCUT2D eigenvalue weighted by molar-refractivity contribution is 14.0. The number of guanidine groups is 1. The maximum Gasteiger partial charge on any atom is 0.191 e. The van der Waals surface area contributed by atoms with E-state index in [0.717, 1.165) is 49.6 Å². The summed E-state index contributed by atoms with van der Waals surface area (Å²) in [5.74, 6) is 2.55. The van der Waals surface area contributed by atoms with Gasteiger partial charge in [0.05, 0.1) is 19.8 Å². The monoisotopic (exact) mass is 445 g/mol. The molecule has 1 aliphatic heterocycles. The van der Waals surface area contributed by atoms with E-state index in [-0.39, 0.29) is 29.4 Å². The van der Waals surface area contributed by atoms with Gasteiger partial charge in [-0.25, -0.2) is 0 Å². The Kier molecular flexibility index (Phi) is 7.16. The van der Waals surface area contributed by atoms with Gasteiger partial charge < -0.3 is 20.1 Å². The van der Waals surface area contributed by atoms with E-state index in [9.17, 15) is 0 Å². The molecule has 2 fully saturated rings. The first kappa shape index (κ1) is 19.3. The van der Waals surface area contributed by atoms with Crippen molar-refractivity contribution in [2.45, 2.75) is 26.3 Å². The SMILES string of the molecule is CN=C(NCc1ccccc1OCC1CC1)NCC1(C)COC1.I. The number of rotatable bonds is 7. The van der Waals surface area contributed by atoms with Crippen LogP contribution in [0.5, 0.6) is 5.75 Å². The van der Waals surface area contributed by atoms with E-state index >= 15 is 0 Å². The topological polar surface area (TPSA) is 54.9 Å². The molecular weight excluding hydrogens is 417 g/mol. The molecular formula is C18H28IN3O2. The molecule has 0 bridgehead atoms. The highest BCUT2D eigenvalue weighted by atomic mass is 127. The highest BCUT2D eigenvalue weighted by Crippen LogP contribution is 2.30. The van der Waals surface area contributed by atoms with Crippen LogP contribution in [-0.2, 0) is 11.3 Å². The number of nitrogens with one attached hydrogen (secondary N) is 2. The first-order valence-corrected chi connectivity index (χ1v) is 8.41. The van der Waals surface area contributed by atoms with E-state index in [0.29, 0.717) is 6.54 Å². The van der Waals surface area contributed by atoms with Crippen molar-refractivity contribution in [3.8, 4) is 5.75 Å². The van der Waals surface area contributed by atoms with Crippen LogP contribution in [0.25, 0.3) is 0 Å². The Morgan fingerprint density at radius 2 is 2.04 bits per heavy atom. The van der Waals surface area contributed by atoms with Gasteiger partial charge in [0.2, 0.25) is 0 Å². The second-order valence-corrected chi connectivity index (χ2v) is 6.94. The zero-order valence-corrected chi connectivity index (χ0v) is 16.8. The van der Waals surface area contributed by atoms with Gasteiger partial charge in [-0.15, -0.1) is 24.0 Å². The van der Waals surface area contributed by atoms with Gasteiger partial charge in [-0.3, -0.25) is 4.99 Å². The Bertz CT molecular complexity index is 557. The summed E-state index contributed by atoms with van der Waals surface area (Å²) in [6.07, 6.45) is 2.61. The van der Waals surface area contributed by atoms with E-state index < -0.39 is 0 Å². The van der Waals surface area contributed by atoms with Crippen molar-refractivity contribution in [1.29, 1.82) is 0 Å². The lowest BCUT2D eigenvalue weighted by molar-refractivity contribution is -0.0971. The molecule has 6 heteroatoms. The minimum Gasteiger partial charge on any atom is -0.493 e. The summed E-state index contributed by atoms with van der Waals surface area (Å²) in [6.45, 7) is 6.25. The number of benzene rings is 1. The number of hydrogen-bond acceptors (Lipinski definition) is 3. The molecule has 1 saturated carbocycles. The van der Waals surface area contributed by atoms with E-state index in [2.05, 4.69) is 28.6 Å². The van der Waals surface area contributed by atoms with Crippen LogP contribution >= 0.6 is 24.0 Å². The fourth-order valence-electron chi connectivity index (χ4n) is 2.53. The lowest BCUT2D eigenvalue weighted by atomic mass is 9.89. The van der Waals surface area contributed by atoms with Crippen molar-refractivity contribution in [2.24, 2.45) is 16.3 Å². The number of nitrogens with zero attached hydrogens (tertiary/aromatic N) is 1. The third kappa shape index (κ3) is 5.51. The minimum atomic E-state index is 0. The fourth-order valence-corrected chi connectivity index (χ4v) is 2.53. The molecule has 3 rings (SSSR count). The second-order valence-electron chi connectivity index (χ2n) is 6.94. The van der Waals surface area contributed by atoms with Crippen LogP contribution in [0.1, 0.15) is 25.3 Å². The third-order valence-corrected chi connectivity index (χ3v) is 4.40. The average molecular weight is 445 g/mol. The zero-order chi connectivity index (χ0) is 16.1. The van der Waals surface area contributed by atoms with Crippen molar-refractivity contribution in [3.05, 3.63) is 29.8 Å². The summed E-state index contributed by atoms with van der Waals surface area (Å²) in [4.78, 5) is 4.29. The maximum absolute atomic E-state index is 5.95.